The molecular formula is C36H66N2O7. The molecule has 0 aromatic heterocycles. The summed E-state index contributed by atoms with van der Waals surface area (Å²) in [7, 11) is 0. The monoisotopic (exact) mass is 638 g/mol. The Morgan fingerprint density at radius 2 is 1.16 bits per heavy atom. The molecule has 0 spiro atoms. The molecule has 0 fully saturated rings. The Labute approximate surface area is 273 Å². The number of aliphatic carboxylic acids is 1. The van der Waals surface area contributed by atoms with Crippen molar-refractivity contribution < 1.29 is 34.1 Å². The van der Waals surface area contributed by atoms with Gasteiger partial charge in [-0.05, 0) is 57.8 Å². The van der Waals surface area contributed by atoms with Crippen LogP contribution in [0, 0.1) is 0 Å². The summed E-state index contributed by atoms with van der Waals surface area (Å²) in [6, 6.07) is -1.38. The summed E-state index contributed by atoms with van der Waals surface area (Å²) in [4.78, 5) is 47.1. The number of hydrogen-bond donors (Lipinski definition) is 4. The SMILES string of the molecule is CCCC/C=C\CCCCCCCC(=O)OC(CCCCCCCC)CCCCCCCC(=O)NCC(=O)NC(CO)C(=O)O. The Hall–Kier alpha value is -2.42. The zero-order valence-electron chi connectivity index (χ0n) is 28.6. The molecule has 0 aromatic carbocycles. The average molecular weight is 639 g/mol. The van der Waals surface area contributed by atoms with E-state index in [0.29, 0.717) is 19.3 Å². The molecule has 0 aliphatic rings. The first kappa shape index (κ1) is 42.6. The van der Waals surface area contributed by atoms with Gasteiger partial charge in [-0.25, -0.2) is 4.79 Å². The van der Waals surface area contributed by atoms with Crippen LogP contribution in [0.25, 0.3) is 0 Å². The number of carboxylic acids is 1. The molecule has 0 heterocycles. The van der Waals surface area contributed by atoms with Gasteiger partial charge in [-0.1, -0.05) is 109 Å². The normalized spacial score (nSPS) is 12.6. The fourth-order valence-electron chi connectivity index (χ4n) is 5.16. The van der Waals surface area contributed by atoms with Crippen LogP contribution in [0.4, 0.5) is 0 Å². The number of unbranched alkanes of at least 4 members (excludes halogenated alkanes) is 16. The first-order chi connectivity index (χ1) is 21.8. The van der Waals surface area contributed by atoms with E-state index in [9.17, 15) is 19.2 Å². The zero-order chi connectivity index (χ0) is 33.4. The molecule has 9 nitrogen and oxygen atoms in total. The molecule has 45 heavy (non-hydrogen) atoms. The predicted octanol–water partition coefficient (Wildman–Crippen LogP) is 7.53. The fourth-order valence-corrected chi connectivity index (χ4v) is 5.16. The molecule has 2 amide bonds. The summed E-state index contributed by atoms with van der Waals surface area (Å²) in [6.07, 6.45) is 29.6. The van der Waals surface area contributed by atoms with Crippen molar-refractivity contribution in [2.45, 2.75) is 180 Å². The highest BCUT2D eigenvalue weighted by atomic mass is 16.5. The van der Waals surface area contributed by atoms with Crippen molar-refractivity contribution >= 4 is 23.8 Å². The van der Waals surface area contributed by atoms with Crippen molar-refractivity contribution in [3.63, 3.8) is 0 Å². The van der Waals surface area contributed by atoms with E-state index in [4.69, 9.17) is 14.9 Å². The minimum Gasteiger partial charge on any atom is -0.480 e. The predicted molar refractivity (Wildman–Crippen MR) is 181 cm³/mol. The second-order valence-electron chi connectivity index (χ2n) is 12.3. The fraction of sp³-hybridized carbons (Fsp3) is 0.833. The van der Waals surface area contributed by atoms with E-state index in [2.05, 4.69) is 36.6 Å². The number of hydrogen-bond acceptors (Lipinski definition) is 6. The molecule has 0 saturated carbocycles. The first-order valence-corrected chi connectivity index (χ1v) is 18.1. The molecule has 2 atom stereocenters. The van der Waals surface area contributed by atoms with Gasteiger partial charge >= 0.3 is 11.9 Å². The molecule has 0 radical (unpaired) electrons. The lowest BCUT2D eigenvalue weighted by molar-refractivity contribution is -0.150. The number of aliphatic hydroxyl groups excluding tert-OH is 1. The van der Waals surface area contributed by atoms with Gasteiger partial charge in [0.05, 0.1) is 13.2 Å². The number of carboxylic acid groups (broad SMARTS) is 1. The highest BCUT2D eigenvalue weighted by molar-refractivity contribution is 5.87. The third-order valence-corrected chi connectivity index (χ3v) is 8.01. The second kappa shape index (κ2) is 31.6. The maximum Gasteiger partial charge on any atom is 0.328 e. The van der Waals surface area contributed by atoms with Crippen molar-refractivity contribution in [2.24, 2.45) is 0 Å². The van der Waals surface area contributed by atoms with Gasteiger partial charge in [0, 0.05) is 12.8 Å². The molecule has 2 unspecified atom stereocenters. The number of carbonyl (C=O) groups is 4. The average Bonchev–Trinajstić information content (AvgIpc) is 3.02. The lowest BCUT2D eigenvalue weighted by atomic mass is 10.0. The minimum atomic E-state index is -1.38. The molecule has 0 saturated heterocycles. The van der Waals surface area contributed by atoms with E-state index in [0.717, 1.165) is 64.2 Å². The van der Waals surface area contributed by atoms with E-state index in [1.165, 1.54) is 70.6 Å². The van der Waals surface area contributed by atoms with Crippen molar-refractivity contribution in [3.05, 3.63) is 12.2 Å². The van der Waals surface area contributed by atoms with Gasteiger partial charge < -0.3 is 25.6 Å². The molecular weight excluding hydrogens is 572 g/mol. The Balaban J connectivity index is 4.17. The third-order valence-electron chi connectivity index (χ3n) is 8.01. The van der Waals surface area contributed by atoms with Crippen LogP contribution in [-0.2, 0) is 23.9 Å². The Morgan fingerprint density at radius 1 is 0.644 bits per heavy atom. The van der Waals surface area contributed by atoms with Gasteiger partial charge in [0.2, 0.25) is 11.8 Å². The second-order valence-corrected chi connectivity index (χ2v) is 12.3. The van der Waals surface area contributed by atoms with Crippen LogP contribution >= 0.6 is 0 Å². The van der Waals surface area contributed by atoms with Gasteiger partial charge in [-0.15, -0.1) is 0 Å². The largest absolute Gasteiger partial charge is 0.480 e. The molecule has 9 heteroatoms. The molecule has 0 aromatic rings. The Bertz CT molecular complexity index is 787. The zero-order valence-corrected chi connectivity index (χ0v) is 28.6. The molecule has 0 rings (SSSR count). The summed E-state index contributed by atoms with van der Waals surface area (Å²) in [5.74, 6) is -2.30. The molecule has 262 valence electrons. The Morgan fingerprint density at radius 3 is 1.73 bits per heavy atom. The van der Waals surface area contributed by atoms with Crippen LogP contribution in [0.15, 0.2) is 12.2 Å². The summed E-state index contributed by atoms with van der Waals surface area (Å²) in [5.41, 5.74) is 0. The van der Waals surface area contributed by atoms with E-state index in [1.807, 2.05) is 0 Å². The molecule has 0 aliphatic carbocycles. The Kier molecular flexibility index (Phi) is 29.9. The smallest absolute Gasteiger partial charge is 0.328 e. The first-order valence-electron chi connectivity index (χ1n) is 18.1. The number of nitrogens with one attached hydrogen (secondary N) is 2. The number of amides is 2. The van der Waals surface area contributed by atoms with Gasteiger partial charge in [-0.3, -0.25) is 14.4 Å². The van der Waals surface area contributed by atoms with Crippen LogP contribution in [0.5, 0.6) is 0 Å². The molecule has 4 N–H and O–H groups in total. The lowest BCUT2D eigenvalue weighted by Crippen LogP contribution is -2.47. The summed E-state index contributed by atoms with van der Waals surface area (Å²) >= 11 is 0. The highest BCUT2D eigenvalue weighted by Crippen LogP contribution is 2.18. The number of allylic oxidation sites excluding steroid dienone is 2. The van der Waals surface area contributed by atoms with Crippen LogP contribution in [0.3, 0.4) is 0 Å². The van der Waals surface area contributed by atoms with Crippen molar-refractivity contribution in [2.75, 3.05) is 13.2 Å². The molecule has 0 aliphatic heterocycles. The van der Waals surface area contributed by atoms with E-state index < -0.39 is 24.5 Å². The maximum absolute atomic E-state index is 12.6. The quantitative estimate of drug-likeness (QED) is 0.0339. The number of carbonyl (C=O) groups excluding carboxylic acids is 3. The number of esters is 1. The van der Waals surface area contributed by atoms with Crippen LogP contribution in [-0.4, -0.2) is 59.3 Å². The van der Waals surface area contributed by atoms with Crippen LogP contribution in [0.2, 0.25) is 0 Å². The van der Waals surface area contributed by atoms with E-state index >= 15 is 0 Å². The number of rotatable bonds is 32. The van der Waals surface area contributed by atoms with Gasteiger partial charge in [0.1, 0.15) is 12.1 Å². The van der Waals surface area contributed by atoms with Crippen molar-refractivity contribution in [1.82, 2.24) is 10.6 Å². The highest BCUT2D eigenvalue weighted by Gasteiger charge is 2.19. The van der Waals surface area contributed by atoms with Crippen LogP contribution in [0.1, 0.15) is 168 Å². The maximum atomic E-state index is 12.6. The third kappa shape index (κ3) is 28.8. The topological polar surface area (TPSA) is 142 Å². The lowest BCUT2D eigenvalue weighted by Gasteiger charge is -2.18. The summed E-state index contributed by atoms with van der Waals surface area (Å²) < 4.78 is 5.94. The van der Waals surface area contributed by atoms with Crippen molar-refractivity contribution in [1.29, 1.82) is 0 Å². The number of ether oxygens (including phenoxy) is 1. The van der Waals surface area contributed by atoms with Gasteiger partial charge in [0.25, 0.3) is 0 Å². The molecule has 0 bridgehead atoms. The van der Waals surface area contributed by atoms with Gasteiger partial charge in [-0.2, -0.15) is 0 Å². The van der Waals surface area contributed by atoms with E-state index in [1.54, 1.807) is 0 Å². The van der Waals surface area contributed by atoms with Crippen LogP contribution < -0.4 is 10.6 Å². The summed E-state index contributed by atoms with van der Waals surface area (Å²) in [5, 5.41) is 22.4. The van der Waals surface area contributed by atoms with Crippen molar-refractivity contribution in [3.8, 4) is 0 Å². The summed E-state index contributed by atoms with van der Waals surface area (Å²) in [6.45, 7) is 3.41. The van der Waals surface area contributed by atoms with E-state index in [-0.39, 0.29) is 24.5 Å². The standard InChI is InChI=1S/C36H66N2O7/c1-3-5-7-9-11-12-13-14-15-20-24-28-35(42)45-31(25-21-17-10-8-6-4-2)26-22-18-16-19-23-27-33(40)37-29-34(41)38-32(30-39)36(43)44/h9,11,31-32,39H,3-8,10,12-30H2,1-2H3,(H,37,40)(H,38,41)(H,43,44)/b11-9-. The van der Waals surface area contributed by atoms with Gasteiger partial charge in [0.15, 0.2) is 0 Å². The minimum absolute atomic E-state index is 0.00773. The number of aliphatic hydroxyl groups is 1.